The van der Waals surface area contributed by atoms with E-state index in [1.807, 2.05) is 24.3 Å². The molecule has 1 N–H and O–H groups in total. The summed E-state index contributed by atoms with van der Waals surface area (Å²) in [5, 5.41) is 2.79. The van der Waals surface area contributed by atoms with Gasteiger partial charge < -0.3 is 14.8 Å². The SMILES string of the molecule is CC(COCC(F)(F)F)NC(=O)C1(c2ccc(Br)cc2)CCOCC1. The largest absolute Gasteiger partial charge is 0.411 e. The van der Waals surface area contributed by atoms with E-state index in [0.29, 0.717) is 26.1 Å². The highest BCUT2D eigenvalue weighted by Gasteiger charge is 2.42. The summed E-state index contributed by atoms with van der Waals surface area (Å²) >= 11 is 3.38. The molecular formula is C17H21BrF3NO3. The Kier molecular flexibility index (Phi) is 6.87. The first-order chi connectivity index (χ1) is 11.7. The second-order valence-electron chi connectivity index (χ2n) is 6.21. The van der Waals surface area contributed by atoms with E-state index in [9.17, 15) is 18.0 Å². The quantitative estimate of drug-likeness (QED) is 0.760. The van der Waals surface area contributed by atoms with Crippen LogP contribution in [0.15, 0.2) is 28.7 Å². The molecule has 0 aliphatic carbocycles. The van der Waals surface area contributed by atoms with E-state index < -0.39 is 24.2 Å². The molecule has 0 spiro atoms. The van der Waals surface area contributed by atoms with Crippen LogP contribution >= 0.6 is 15.9 Å². The number of alkyl halides is 3. The molecule has 4 nitrogen and oxygen atoms in total. The number of halogens is 4. The summed E-state index contributed by atoms with van der Waals surface area (Å²) in [6.07, 6.45) is -3.32. The van der Waals surface area contributed by atoms with Crippen LogP contribution in [0.4, 0.5) is 13.2 Å². The molecule has 0 saturated carbocycles. The Morgan fingerprint density at radius 2 is 1.92 bits per heavy atom. The van der Waals surface area contributed by atoms with Gasteiger partial charge in [0.2, 0.25) is 5.91 Å². The lowest BCUT2D eigenvalue weighted by Gasteiger charge is -2.37. The standard InChI is InChI=1S/C17H21BrF3NO3/c1-12(10-25-11-17(19,20)21)22-15(23)16(6-8-24-9-7-16)13-2-4-14(18)5-3-13/h2-5,12H,6-11H2,1H3,(H,22,23). The van der Waals surface area contributed by atoms with Gasteiger partial charge in [-0.1, -0.05) is 28.1 Å². The van der Waals surface area contributed by atoms with Crippen LogP contribution in [0.1, 0.15) is 25.3 Å². The van der Waals surface area contributed by atoms with Gasteiger partial charge >= 0.3 is 6.18 Å². The molecule has 1 atom stereocenters. The average molecular weight is 424 g/mol. The van der Waals surface area contributed by atoms with Crippen LogP contribution in [-0.4, -0.2) is 44.6 Å². The molecule has 1 aromatic carbocycles. The van der Waals surface area contributed by atoms with Crippen molar-refractivity contribution in [2.45, 2.75) is 37.4 Å². The summed E-state index contributed by atoms with van der Waals surface area (Å²) in [5.74, 6) is -0.207. The van der Waals surface area contributed by atoms with Gasteiger partial charge in [0.1, 0.15) is 6.61 Å². The number of benzene rings is 1. The molecule has 1 heterocycles. The summed E-state index contributed by atoms with van der Waals surface area (Å²) in [5.41, 5.74) is 0.136. The van der Waals surface area contributed by atoms with Crippen LogP contribution in [0.2, 0.25) is 0 Å². The fourth-order valence-corrected chi connectivity index (χ4v) is 3.15. The molecule has 1 aliphatic rings. The molecular weight excluding hydrogens is 403 g/mol. The van der Waals surface area contributed by atoms with Crippen LogP contribution in [-0.2, 0) is 19.7 Å². The highest BCUT2D eigenvalue weighted by Crippen LogP contribution is 2.36. The number of hydrogen-bond donors (Lipinski definition) is 1. The molecule has 1 aromatic rings. The molecule has 0 bridgehead atoms. The Hall–Kier alpha value is -1.12. The minimum atomic E-state index is -4.37. The van der Waals surface area contributed by atoms with Gasteiger partial charge in [-0.2, -0.15) is 13.2 Å². The predicted molar refractivity (Wildman–Crippen MR) is 90.4 cm³/mol. The van der Waals surface area contributed by atoms with Crippen molar-refractivity contribution in [2.75, 3.05) is 26.4 Å². The van der Waals surface area contributed by atoms with E-state index in [-0.39, 0.29) is 12.5 Å². The van der Waals surface area contributed by atoms with Crippen molar-refractivity contribution >= 4 is 21.8 Å². The molecule has 1 fully saturated rings. The van der Waals surface area contributed by atoms with E-state index in [1.54, 1.807) is 6.92 Å². The Morgan fingerprint density at radius 1 is 1.32 bits per heavy atom. The average Bonchev–Trinajstić information content (AvgIpc) is 2.54. The zero-order valence-corrected chi connectivity index (χ0v) is 15.5. The molecule has 0 radical (unpaired) electrons. The summed E-state index contributed by atoms with van der Waals surface area (Å²) in [7, 11) is 0. The number of ether oxygens (including phenoxy) is 2. The molecule has 1 aliphatic heterocycles. The lowest BCUT2D eigenvalue weighted by atomic mass is 9.73. The van der Waals surface area contributed by atoms with Crippen molar-refractivity contribution in [1.82, 2.24) is 5.32 Å². The van der Waals surface area contributed by atoms with Crippen molar-refractivity contribution in [3.8, 4) is 0 Å². The maximum Gasteiger partial charge on any atom is 0.411 e. The number of carbonyl (C=O) groups is 1. The Labute approximate surface area is 153 Å². The van der Waals surface area contributed by atoms with E-state index in [1.165, 1.54) is 0 Å². The number of amides is 1. The first-order valence-electron chi connectivity index (χ1n) is 8.02. The van der Waals surface area contributed by atoms with E-state index >= 15 is 0 Å². The third kappa shape index (κ3) is 5.69. The highest BCUT2D eigenvalue weighted by molar-refractivity contribution is 9.10. The second-order valence-corrected chi connectivity index (χ2v) is 7.12. The lowest BCUT2D eigenvalue weighted by molar-refractivity contribution is -0.175. The lowest BCUT2D eigenvalue weighted by Crippen LogP contribution is -2.51. The zero-order chi connectivity index (χ0) is 18.5. The smallest absolute Gasteiger partial charge is 0.381 e. The topological polar surface area (TPSA) is 47.6 Å². The fraction of sp³-hybridized carbons (Fsp3) is 0.588. The third-order valence-corrected chi connectivity index (χ3v) is 4.72. The number of rotatable bonds is 6. The highest BCUT2D eigenvalue weighted by atomic mass is 79.9. The molecule has 2 rings (SSSR count). The van der Waals surface area contributed by atoms with Gasteiger partial charge in [-0.05, 0) is 37.5 Å². The summed E-state index contributed by atoms with van der Waals surface area (Å²) in [6, 6.07) is 7.00. The van der Waals surface area contributed by atoms with Crippen molar-refractivity contribution in [2.24, 2.45) is 0 Å². The molecule has 25 heavy (non-hydrogen) atoms. The molecule has 1 amide bonds. The normalized spacial score (nSPS) is 18.6. The number of carbonyl (C=O) groups excluding carboxylic acids is 1. The van der Waals surface area contributed by atoms with E-state index in [0.717, 1.165) is 10.0 Å². The molecule has 1 saturated heterocycles. The minimum Gasteiger partial charge on any atom is -0.381 e. The number of hydrogen-bond acceptors (Lipinski definition) is 3. The first kappa shape index (κ1) is 20.2. The van der Waals surface area contributed by atoms with Gasteiger partial charge in [0, 0.05) is 23.7 Å². The van der Waals surface area contributed by atoms with Gasteiger partial charge in [0.15, 0.2) is 0 Å². The van der Waals surface area contributed by atoms with Crippen LogP contribution in [0, 0.1) is 0 Å². The zero-order valence-electron chi connectivity index (χ0n) is 13.9. The summed E-state index contributed by atoms with van der Waals surface area (Å²) < 4.78 is 47.4. The van der Waals surface area contributed by atoms with E-state index in [4.69, 9.17) is 4.74 Å². The summed E-state index contributed by atoms with van der Waals surface area (Å²) in [6.45, 7) is 1.03. The van der Waals surface area contributed by atoms with Crippen molar-refractivity contribution in [3.05, 3.63) is 34.3 Å². The van der Waals surface area contributed by atoms with Crippen LogP contribution < -0.4 is 5.32 Å². The van der Waals surface area contributed by atoms with Gasteiger partial charge in [-0.15, -0.1) is 0 Å². The Morgan fingerprint density at radius 3 is 2.48 bits per heavy atom. The van der Waals surface area contributed by atoms with E-state index in [2.05, 4.69) is 26.0 Å². The Bertz CT molecular complexity index is 571. The van der Waals surface area contributed by atoms with Crippen LogP contribution in [0.25, 0.3) is 0 Å². The first-order valence-corrected chi connectivity index (χ1v) is 8.81. The van der Waals surface area contributed by atoms with Gasteiger partial charge in [0.05, 0.1) is 12.0 Å². The molecule has 1 unspecified atom stereocenters. The van der Waals surface area contributed by atoms with Gasteiger partial charge in [0.25, 0.3) is 0 Å². The van der Waals surface area contributed by atoms with Gasteiger partial charge in [-0.25, -0.2) is 0 Å². The van der Waals surface area contributed by atoms with Crippen molar-refractivity contribution < 1.29 is 27.4 Å². The monoisotopic (exact) mass is 423 g/mol. The predicted octanol–water partition coefficient (Wildman–Crippen LogP) is 3.58. The summed E-state index contributed by atoms with van der Waals surface area (Å²) in [4.78, 5) is 12.9. The maximum atomic E-state index is 12.9. The maximum absolute atomic E-state index is 12.9. The van der Waals surface area contributed by atoms with Gasteiger partial charge in [-0.3, -0.25) is 4.79 Å². The number of nitrogens with one attached hydrogen (secondary N) is 1. The Balaban J connectivity index is 2.05. The van der Waals surface area contributed by atoms with Crippen molar-refractivity contribution in [1.29, 1.82) is 0 Å². The molecule has 0 aromatic heterocycles. The van der Waals surface area contributed by atoms with Crippen LogP contribution in [0.5, 0.6) is 0 Å². The second kappa shape index (κ2) is 8.51. The molecule has 140 valence electrons. The fourth-order valence-electron chi connectivity index (χ4n) is 2.89. The van der Waals surface area contributed by atoms with Crippen LogP contribution in [0.3, 0.4) is 0 Å². The third-order valence-electron chi connectivity index (χ3n) is 4.19. The minimum absolute atomic E-state index is 0.196. The molecule has 8 heteroatoms. The van der Waals surface area contributed by atoms with Crippen molar-refractivity contribution in [3.63, 3.8) is 0 Å².